The zero-order chi connectivity index (χ0) is 11.3. The molecule has 5 heteroatoms. The van der Waals surface area contributed by atoms with Crippen molar-refractivity contribution >= 4 is 18.0 Å². The van der Waals surface area contributed by atoms with Crippen LogP contribution in [0.5, 0.6) is 11.5 Å². The highest BCUT2D eigenvalue weighted by atomic mass is 32.2. The van der Waals surface area contributed by atoms with Gasteiger partial charge in [-0.2, -0.15) is 0 Å². The van der Waals surface area contributed by atoms with E-state index in [4.69, 9.17) is 13.7 Å². The zero-order valence-corrected chi connectivity index (χ0v) is 9.59. The second kappa shape index (κ2) is 5.50. The highest BCUT2D eigenvalue weighted by molar-refractivity contribution is 7.95. The minimum atomic E-state index is -0.338. The summed E-state index contributed by atoms with van der Waals surface area (Å²) in [5.41, 5.74) is 0. The third-order valence-electron chi connectivity index (χ3n) is 1.61. The molecule has 0 spiro atoms. The van der Waals surface area contributed by atoms with E-state index in [9.17, 15) is 4.79 Å². The molecule has 4 nitrogen and oxygen atoms in total. The molecule has 1 rings (SSSR count). The molecule has 15 heavy (non-hydrogen) atoms. The molecule has 0 aliphatic heterocycles. The molecular weight excluding hydrogens is 216 g/mol. The van der Waals surface area contributed by atoms with E-state index in [0.717, 1.165) is 16.9 Å². The Morgan fingerprint density at radius 2 is 1.87 bits per heavy atom. The second-order valence-corrected chi connectivity index (χ2v) is 3.48. The van der Waals surface area contributed by atoms with Gasteiger partial charge in [-0.05, 0) is 12.1 Å². The van der Waals surface area contributed by atoms with Crippen molar-refractivity contribution in [1.29, 1.82) is 0 Å². The van der Waals surface area contributed by atoms with E-state index in [0.29, 0.717) is 11.5 Å². The molecule has 1 aromatic rings. The molecule has 1 aromatic carbocycles. The number of hydrogen-bond acceptors (Lipinski definition) is 5. The van der Waals surface area contributed by atoms with Gasteiger partial charge < -0.3 is 13.7 Å². The molecule has 82 valence electrons. The van der Waals surface area contributed by atoms with Crippen LogP contribution in [-0.4, -0.2) is 20.2 Å². The number of benzene rings is 1. The second-order valence-electron chi connectivity index (χ2n) is 2.68. The monoisotopic (exact) mass is 228 g/mol. The van der Waals surface area contributed by atoms with Gasteiger partial charge in [0.1, 0.15) is 0 Å². The fraction of sp³-hybridized carbons (Fsp3) is 0.300. The average molecular weight is 228 g/mol. The number of rotatable bonds is 4. The lowest BCUT2D eigenvalue weighted by Crippen LogP contribution is -1.92. The van der Waals surface area contributed by atoms with Gasteiger partial charge in [-0.1, -0.05) is 0 Å². The Morgan fingerprint density at radius 1 is 1.20 bits per heavy atom. The van der Waals surface area contributed by atoms with Crippen LogP contribution in [-0.2, 0) is 8.98 Å². The third kappa shape index (κ3) is 3.36. The van der Waals surface area contributed by atoms with E-state index in [1.807, 2.05) is 0 Å². The van der Waals surface area contributed by atoms with E-state index in [2.05, 4.69) is 0 Å². The van der Waals surface area contributed by atoms with Crippen LogP contribution < -0.4 is 9.47 Å². The van der Waals surface area contributed by atoms with Gasteiger partial charge in [0.25, 0.3) is 0 Å². The van der Waals surface area contributed by atoms with Crippen molar-refractivity contribution in [3.8, 4) is 11.5 Å². The molecule has 0 unspecified atom stereocenters. The van der Waals surface area contributed by atoms with Crippen molar-refractivity contribution in [3.63, 3.8) is 0 Å². The van der Waals surface area contributed by atoms with Crippen molar-refractivity contribution in [1.82, 2.24) is 0 Å². The molecule has 0 amide bonds. The van der Waals surface area contributed by atoms with Crippen molar-refractivity contribution in [2.45, 2.75) is 11.8 Å². The molecule has 0 aliphatic rings. The topological polar surface area (TPSA) is 44.8 Å². The van der Waals surface area contributed by atoms with Gasteiger partial charge >= 0.3 is 5.97 Å². The standard InChI is InChI=1S/C10H12O4S/c1-7(11)14-15-8-4-5-9(12-2)10(6-8)13-3/h4-6H,1-3H3. The summed E-state index contributed by atoms with van der Waals surface area (Å²) in [5, 5.41) is 0. The first kappa shape index (κ1) is 11.7. The third-order valence-corrected chi connectivity index (χ3v) is 2.37. The van der Waals surface area contributed by atoms with Crippen molar-refractivity contribution in [2.24, 2.45) is 0 Å². The molecule has 0 saturated heterocycles. The average Bonchev–Trinajstić information content (AvgIpc) is 2.25. The molecule has 0 bridgehead atoms. The summed E-state index contributed by atoms with van der Waals surface area (Å²) in [6, 6.07) is 5.28. The van der Waals surface area contributed by atoms with Crippen molar-refractivity contribution in [2.75, 3.05) is 14.2 Å². The minimum absolute atomic E-state index is 0.338. The zero-order valence-electron chi connectivity index (χ0n) is 8.77. The largest absolute Gasteiger partial charge is 0.493 e. The van der Waals surface area contributed by atoms with Crippen molar-refractivity contribution < 1.29 is 18.5 Å². The lowest BCUT2D eigenvalue weighted by molar-refractivity contribution is -0.130. The molecule has 0 aromatic heterocycles. The molecule has 0 aliphatic carbocycles. The van der Waals surface area contributed by atoms with Gasteiger partial charge in [0, 0.05) is 13.0 Å². The molecule has 0 radical (unpaired) electrons. The number of ether oxygens (including phenoxy) is 2. The number of methoxy groups -OCH3 is 2. The van der Waals surface area contributed by atoms with Gasteiger partial charge in [-0.3, -0.25) is 4.79 Å². The fourth-order valence-corrected chi connectivity index (χ4v) is 1.47. The first-order valence-electron chi connectivity index (χ1n) is 4.24. The minimum Gasteiger partial charge on any atom is -0.493 e. The Hall–Kier alpha value is -1.36. The van der Waals surface area contributed by atoms with Crippen molar-refractivity contribution in [3.05, 3.63) is 18.2 Å². The van der Waals surface area contributed by atoms with Gasteiger partial charge in [0.05, 0.1) is 31.2 Å². The fourth-order valence-electron chi connectivity index (χ4n) is 0.975. The van der Waals surface area contributed by atoms with Gasteiger partial charge in [-0.25, -0.2) is 0 Å². The Bertz CT molecular complexity index is 351. The number of hydrogen-bond donors (Lipinski definition) is 0. The van der Waals surface area contributed by atoms with E-state index in [1.54, 1.807) is 32.4 Å². The SMILES string of the molecule is COc1ccc(SOC(C)=O)cc1OC. The van der Waals surface area contributed by atoms with Gasteiger partial charge in [0.15, 0.2) is 11.5 Å². The van der Waals surface area contributed by atoms with Gasteiger partial charge in [0.2, 0.25) is 0 Å². The molecular formula is C10H12O4S. The Morgan fingerprint density at radius 3 is 2.40 bits per heavy atom. The summed E-state index contributed by atoms with van der Waals surface area (Å²) >= 11 is 0.992. The molecule has 0 atom stereocenters. The predicted molar refractivity (Wildman–Crippen MR) is 57.2 cm³/mol. The maximum absolute atomic E-state index is 10.6. The van der Waals surface area contributed by atoms with E-state index < -0.39 is 0 Å². The van der Waals surface area contributed by atoms with Crippen LogP contribution in [0.2, 0.25) is 0 Å². The summed E-state index contributed by atoms with van der Waals surface area (Å²) in [5.74, 6) is 0.911. The lowest BCUT2D eigenvalue weighted by atomic mass is 10.3. The molecule has 0 saturated carbocycles. The lowest BCUT2D eigenvalue weighted by Gasteiger charge is -2.08. The van der Waals surface area contributed by atoms with Crippen LogP contribution in [0, 0.1) is 0 Å². The van der Waals surface area contributed by atoms with Crippen LogP contribution in [0.15, 0.2) is 23.1 Å². The highest BCUT2D eigenvalue weighted by Gasteiger charge is 2.06. The van der Waals surface area contributed by atoms with E-state index in [-0.39, 0.29) is 5.97 Å². The van der Waals surface area contributed by atoms with Crippen LogP contribution >= 0.6 is 12.0 Å². The molecule has 0 N–H and O–H groups in total. The van der Waals surface area contributed by atoms with E-state index >= 15 is 0 Å². The Kier molecular flexibility index (Phi) is 4.30. The summed E-state index contributed by atoms with van der Waals surface area (Å²) in [6.45, 7) is 1.35. The Labute approximate surface area is 92.7 Å². The highest BCUT2D eigenvalue weighted by Crippen LogP contribution is 2.32. The summed E-state index contributed by atoms with van der Waals surface area (Å²) in [6.07, 6.45) is 0. The summed E-state index contributed by atoms with van der Waals surface area (Å²) < 4.78 is 15.0. The number of carbonyl (C=O) groups excluding carboxylic acids is 1. The van der Waals surface area contributed by atoms with Crippen LogP contribution in [0.25, 0.3) is 0 Å². The van der Waals surface area contributed by atoms with Gasteiger partial charge in [-0.15, -0.1) is 0 Å². The predicted octanol–water partition coefficient (Wildman–Crippen LogP) is 2.27. The summed E-state index contributed by atoms with van der Waals surface area (Å²) in [7, 11) is 3.12. The molecule has 0 heterocycles. The summed E-state index contributed by atoms with van der Waals surface area (Å²) in [4.78, 5) is 11.4. The van der Waals surface area contributed by atoms with Crippen LogP contribution in [0.1, 0.15) is 6.92 Å². The number of carbonyl (C=O) groups is 1. The normalized spacial score (nSPS) is 9.53. The molecule has 0 fully saturated rings. The van der Waals surface area contributed by atoms with Crippen LogP contribution in [0.3, 0.4) is 0 Å². The maximum Gasteiger partial charge on any atom is 0.315 e. The van der Waals surface area contributed by atoms with E-state index in [1.165, 1.54) is 6.92 Å². The maximum atomic E-state index is 10.6. The first-order chi connectivity index (χ1) is 7.17. The first-order valence-corrected chi connectivity index (χ1v) is 4.98. The van der Waals surface area contributed by atoms with Crippen LogP contribution in [0.4, 0.5) is 0 Å². The smallest absolute Gasteiger partial charge is 0.315 e. The Balaban J connectivity index is 2.78. The quantitative estimate of drug-likeness (QED) is 0.740.